The monoisotopic (exact) mass is 377 g/mol. The first kappa shape index (κ1) is 15.6. The van der Waals surface area contributed by atoms with E-state index in [-0.39, 0.29) is 0 Å². The van der Waals surface area contributed by atoms with Crippen molar-refractivity contribution in [3.8, 4) is 5.75 Å². The molecule has 0 bridgehead atoms. The van der Waals surface area contributed by atoms with Gasteiger partial charge in [0.15, 0.2) is 0 Å². The molecule has 1 unspecified atom stereocenters. The molecule has 0 saturated heterocycles. The van der Waals surface area contributed by atoms with Gasteiger partial charge in [-0.15, -0.1) is 0 Å². The molecule has 0 saturated carbocycles. The zero-order valence-electron chi connectivity index (χ0n) is 10.5. The molecule has 0 amide bonds. The topological polar surface area (TPSA) is 35.2 Å². The van der Waals surface area contributed by atoms with Gasteiger partial charge < -0.3 is 10.5 Å². The van der Waals surface area contributed by atoms with E-state index < -0.39 is 11.9 Å². The van der Waals surface area contributed by atoms with Crippen LogP contribution in [0.5, 0.6) is 5.75 Å². The molecule has 0 radical (unpaired) electrons. The summed E-state index contributed by atoms with van der Waals surface area (Å²) in [6.07, 6.45) is 0. The molecule has 2 rings (SSSR count). The van der Waals surface area contributed by atoms with Crippen molar-refractivity contribution in [1.29, 1.82) is 0 Å². The molecule has 2 aromatic carbocycles. The van der Waals surface area contributed by atoms with Gasteiger partial charge in [-0.25, -0.2) is 4.39 Å². The third kappa shape index (κ3) is 3.26. The molecular weight excluding hydrogens is 368 g/mol. The highest BCUT2D eigenvalue weighted by Crippen LogP contribution is 2.34. The summed E-state index contributed by atoms with van der Waals surface area (Å²) in [5.74, 6) is -0.0452. The summed E-state index contributed by atoms with van der Waals surface area (Å²) < 4.78 is 19.0. The van der Waals surface area contributed by atoms with Crippen LogP contribution in [0.4, 0.5) is 4.39 Å². The van der Waals surface area contributed by atoms with Gasteiger partial charge in [-0.3, -0.25) is 0 Å². The van der Waals surface area contributed by atoms with Crippen molar-refractivity contribution in [1.82, 2.24) is 0 Å². The lowest BCUT2D eigenvalue weighted by Gasteiger charge is -2.17. The fourth-order valence-electron chi connectivity index (χ4n) is 1.90. The minimum atomic E-state index is -0.530. The first-order valence-corrected chi connectivity index (χ1v) is 7.21. The molecule has 2 nitrogen and oxygen atoms in total. The molecule has 106 valence electrons. The summed E-state index contributed by atoms with van der Waals surface area (Å²) >= 11 is 15.1. The van der Waals surface area contributed by atoms with Gasteiger partial charge in [0.2, 0.25) is 0 Å². The van der Waals surface area contributed by atoms with Crippen molar-refractivity contribution in [3.05, 3.63) is 61.8 Å². The maximum Gasteiger partial charge on any atom is 0.141 e. The average Bonchev–Trinajstić information content (AvgIpc) is 2.39. The summed E-state index contributed by atoms with van der Waals surface area (Å²) in [5.41, 5.74) is 7.57. The molecular formula is C14H11BrCl2FNO. The second kappa shape index (κ2) is 6.31. The van der Waals surface area contributed by atoms with Crippen LogP contribution in [0.15, 0.2) is 34.8 Å². The van der Waals surface area contributed by atoms with Crippen molar-refractivity contribution < 1.29 is 9.13 Å². The van der Waals surface area contributed by atoms with E-state index in [0.29, 0.717) is 25.8 Å². The highest BCUT2D eigenvalue weighted by atomic mass is 79.9. The Morgan fingerprint density at radius 1 is 1.15 bits per heavy atom. The standard InChI is InChI=1S/C14H11BrCl2FNO/c1-20-13-6-12(18)11(15)5-10(13)14(19)7-2-8(16)4-9(17)3-7/h2-6,14H,19H2,1H3. The van der Waals surface area contributed by atoms with Gasteiger partial charge in [0.25, 0.3) is 0 Å². The Morgan fingerprint density at radius 2 is 1.75 bits per heavy atom. The maximum atomic E-state index is 13.5. The lowest BCUT2D eigenvalue weighted by molar-refractivity contribution is 0.404. The van der Waals surface area contributed by atoms with Crippen LogP contribution >= 0.6 is 39.1 Å². The van der Waals surface area contributed by atoms with Crippen molar-refractivity contribution in [2.75, 3.05) is 7.11 Å². The van der Waals surface area contributed by atoms with Crippen LogP contribution < -0.4 is 10.5 Å². The van der Waals surface area contributed by atoms with Gasteiger partial charge >= 0.3 is 0 Å². The predicted octanol–water partition coefficient (Wildman–Crippen LogP) is 4.95. The molecule has 0 aliphatic carbocycles. The smallest absolute Gasteiger partial charge is 0.141 e. The van der Waals surface area contributed by atoms with E-state index in [0.717, 1.165) is 5.56 Å². The van der Waals surface area contributed by atoms with Crippen LogP contribution in [0.3, 0.4) is 0 Å². The third-order valence-corrected chi connectivity index (χ3v) is 3.90. The van der Waals surface area contributed by atoms with E-state index in [2.05, 4.69) is 15.9 Å². The zero-order valence-corrected chi connectivity index (χ0v) is 13.6. The second-order valence-corrected chi connectivity index (χ2v) is 5.92. The van der Waals surface area contributed by atoms with Crippen LogP contribution in [-0.2, 0) is 0 Å². The lowest BCUT2D eigenvalue weighted by Crippen LogP contribution is -2.13. The van der Waals surface area contributed by atoms with E-state index in [9.17, 15) is 4.39 Å². The lowest BCUT2D eigenvalue weighted by atomic mass is 9.98. The number of rotatable bonds is 3. The molecule has 0 aromatic heterocycles. The highest BCUT2D eigenvalue weighted by molar-refractivity contribution is 9.10. The van der Waals surface area contributed by atoms with Crippen LogP contribution in [0.2, 0.25) is 10.0 Å². The average molecular weight is 379 g/mol. The van der Waals surface area contributed by atoms with Gasteiger partial charge in [0.05, 0.1) is 17.6 Å². The minimum absolute atomic E-state index is 0.317. The number of methoxy groups -OCH3 is 1. The number of hydrogen-bond acceptors (Lipinski definition) is 2. The van der Waals surface area contributed by atoms with Gasteiger partial charge in [-0.1, -0.05) is 23.2 Å². The van der Waals surface area contributed by atoms with E-state index in [1.54, 1.807) is 24.3 Å². The fraction of sp³-hybridized carbons (Fsp3) is 0.143. The molecule has 6 heteroatoms. The fourth-order valence-corrected chi connectivity index (χ4v) is 2.80. The van der Waals surface area contributed by atoms with Gasteiger partial charge in [0.1, 0.15) is 11.6 Å². The Labute approximate surface area is 134 Å². The van der Waals surface area contributed by atoms with E-state index in [1.807, 2.05) is 0 Å². The Morgan fingerprint density at radius 3 is 2.30 bits per heavy atom. The highest BCUT2D eigenvalue weighted by Gasteiger charge is 2.17. The Bertz CT molecular complexity index is 631. The Hall–Kier alpha value is -0.810. The summed E-state index contributed by atoms with van der Waals surface area (Å²) in [4.78, 5) is 0. The van der Waals surface area contributed by atoms with Crippen molar-refractivity contribution in [3.63, 3.8) is 0 Å². The van der Waals surface area contributed by atoms with Crippen LogP contribution in [0.1, 0.15) is 17.2 Å². The molecule has 1 atom stereocenters. The molecule has 0 aliphatic heterocycles. The molecule has 2 aromatic rings. The van der Waals surface area contributed by atoms with Crippen molar-refractivity contribution in [2.45, 2.75) is 6.04 Å². The number of hydrogen-bond donors (Lipinski definition) is 1. The molecule has 0 aliphatic rings. The molecule has 20 heavy (non-hydrogen) atoms. The first-order valence-electron chi connectivity index (χ1n) is 5.67. The van der Waals surface area contributed by atoms with E-state index in [4.69, 9.17) is 33.7 Å². The van der Waals surface area contributed by atoms with Crippen LogP contribution in [-0.4, -0.2) is 7.11 Å². The van der Waals surface area contributed by atoms with E-state index >= 15 is 0 Å². The molecule has 2 N–H and O–H groups in total. The SMILES string of the molecule is COc1cc(F)c(Br)cc1C(N)c1cc(Cl)cc(Cl)c1. The summed E-state index contributed by atoms with van der Waals surface area (Å²) in [6.45, 7) is 0. The van der Waals surface area contributed by atoms with Gasteiger partial charge in [0, 0.05) is 21.7 Å². The largest absolute Gasteiger partial charge is 0.496 e. The number of benzene rings is 2. The Kier molecular flexibility index (Phi) is 4.91. The number of ether oxygens (including phenoxy) is 1. The number of halogens is 4. The second-order valence-electron chi connectivity index (χ2n) is 4.19. The maximum absolute atomic E-state index is 13.5. The van der Waals surface area contributed by atoms with Crippen LogP contribution in [0.25, 0.3) is 0 Å². The van der Waals surface area contributed by atoms with Crippen LogP contribution in [0, 0.1) is 5.82 Å². The molecule has 0 heterocycles. The summed E-state index contributed by atoms with van der Waals surface area (Å²) in [5, 5.41) is 0.978. The van der Waals surface area contributed by atoms with Gasteiger partial charge in [-0.2, -0.15) is 0 Å². The molecule has 0 fully saturated rings. The summed E-state index contributed by atoms with van der Waals surface area (Å²) in [6, 6.07) is 7.40. The van der Waals surface area contributed by atoms with Gasteiger partial charge in [-0.05, 0) is 45.8 Å². The molecule has 0 spiro atoms. The minimum Gasteiger partial charge on any atom is -0.496 e. The number of nitrogens with two attached hydrogens (primary N) is 1. The summed E-state index contributed by atoms with van der Waals surface area (Å²) in [7, 11) is 1.46. The normalized spacial score (nSPS) is 12.3. The van der Waals surface area contributed by atoms with E-state index in [1.165, 1.54) is 13.2 Å². The zero-order chi connectivity index (χ0) is 14.9. The quantitative estimate of drug-likeness (QED) is 0.819. The first-order chi connectivity index (χ1) is 9.42. The predicted molar refractivity (Wildman–Crippen MR) is 83.1 cm³/mol. The third-order valence-electron chi connectivity index (χ3n) is 2.85. The van der Waals surface area contributed by atoms with Crippen molar-refractivity contribution in [2.24, 2.45) is 5.73 Å². The Balaban J connectivity index is 2.52. The van der Waals surface area contributed by atoms with Crippen molar-refractivity contribution >= 4 is 39.1 Å².